The van der Waals surface area contributed by atoms with E-state index in [1.54, 1.807) is 6.08 Å². The minimum absolute atomic E-state index is 0.106. The highest BCUT2D eigenvalue weighted by Crippen LogP contribution is 2.27. The van der Waals surface area contributed by atoms with Gasteiger partial charge in [0, 0.05) is 10.9 Å². The molecule has 0 amide bonds. The summed E-state index contributed by atoms with van der Waals surface area (Å²) in [5.74, 6) is 0.106. The topological polar surface area (TPSA) is 17.1 Å². The van der Waals surface area contributed by atoms with E-state index in [1.807, 2.05) is 42.5 Å². The monoisotopic (exact) mass is 238 g/mol. The quantitative estimate of drug-likeness (QED) is 0.693. The van der Waals surface area contributed by atoms with E-state index in [9.17, 15) is 4.79 Å². The van der Waals surface area contributed by atoms with Crippen molar-refractivity contribution in [2.75, 3.05) is 0 Å². The number of ketones is 1. The Hall–Kier alpha value is -1.89. The molecular formula is C17H18O. The molecule has 3 rings (SSSR count). The van der Waals surface area contributed by atoms with Crippen molar-refractivity contribution in [3.8, 4) is 0 Å². The molecule has 0 unspecified atom stereocenters. The van der Waals surface area contributed by atoms with Gasteiger partial charge in [0.15, 0.2) is 5.78 Å². The summed E-state index contributed by atoms with van der Waals surface area (Å²) in [6, 6.07) is 11.9. The van der Waals surface area contributed by atoms with Crippen molar-refractivity contribution in [3.05, 3.63) is 53.6 Å². The van der Waals surface area contributed by atoms with Gasteiger partial charge in [-0.3, -0.25) is 4.79 Å². The Labute approximate surface area is 108 Å². The molecule has 2 aromatic carbocycles. The van der Waals surface area contributed by atoms with Crippen molar-refractivity contribution in [1.82, 2.24) is 0 Å². The minimum atomic E-state index is 0.106. The van der Waals surface area contributed by atoms with Crippen LogP contribution in [-0.4, -0.2) is 5.78 Å². The van der Waals surface area contributed by atoms with Crippen LogP contribution in [0.4, 0.5) is 0 Å². The van der Waals surface area contributed by atoms with Gasteiger partial charge < -0.3 is 0 Å². The van der Waals surface area contributed by atoms with Crippen molar-refractivity contribution in [2.24, 2.45) is 0 Å². The fraction of sp³-hybridized carbons (Fsp3) is 0.235. The summed E-state index contributed by atoms with van der Waals surface area (Å²) in [5, 5.41) is 2.22. The van der Waals surface area contributed by atoms with Crippen LogP contribution in [0.5, 0.6) is 0 Å². The summed E-state index contributed by atoms with van der Waals surface area (Å²) < 4.78 is 0. The van der Waals surface area contributed by atoms with Crippen LogP contribution >= 0.6 is 0 Å². The van der Waals surface area contributed by atoms with Crippen LogP contribution in [0.1, 0.15) is 42.6 Å². The van der Waals surface area contributed by atoms with E-state index >= 15 is 0 Å². The summed E-state index contributed by atoms with van der Waals surface area (Å²) >= 11 is 0. The van der Waals surface area contributed by atoms with Crippen molar-refractivity contribution in [1.29, 1.82) is 0 Å². The van der Waals surface area contributed by atoms with Gasteiger partial charge in [-0.05, 0) is 17.0 Å². The lowest BCUT2D eigenvalue weighted by Gasteiger charge is -2.10. The molecule has 0 bridgehead atoms. The minimum Gasteiger partial charge on any atom is -0.289 e. The Kier molecular flexibility index (Phi) is 3.93. The molecule has 0 saturated carbocycles. The molecule has 0 aromatic heterocycles. The summed E-state index contributed by atoms with van der Waals surface area (Å²) in [4.78, 5) is 11.6. The lowest BCUT2D eigenvalue weighted by Crippen LogP contribution is -2.00. The van der Waals surface area contributed by atoms with Crippen LogP contribution in [0.15, 0.2) is 42.5 Å². The van der Waals surface area contributed by atoms with Gasteiger partial charge in [0.05, 0.1) is 0 Å². The predicted octanol–water partition coefficient (Wildman–Crippen LogP) is 4.86. The van der Waals surface area contributed by atoms with Gasteiger partial charge in [-0.1, -0.05) is 69.2 Å². The summed E-state index contributed by atoms with van der Waals surface area (Å²) in [7, 11) is 0. The van der Waals surface area contributed by atoms with E-state index in [1.165, 1.54) is 12.8 Å². The van der Waals surface area contributed by atoms with Gasteiger partial charge in [0.2, 0.25) is 0 Å². The number of unbranched alkanes of at least 4 members (excludes halogenated alkanes) is 1. The fourth-order valence-electron chi connectivity index (χ4n) is 1.97. The molecule has 0 atom stereocenters. The third kappa shape index (κ3) is 2.35. The number of hydrogen-bond donors (Lipinski definition) is 0. The number of allylic oxidation sites excluding steroid dienone is 1. The van der Waals surface area contributed by atoms with Gasteiger partial charge >= 0.3 is 0 Å². The molecule has 0 radical (unpaired) electrons. The van der Waals surface area contributed by atoms with Crippen LogP contribution in [0.3, 0.4) is 0 Å². The smallest absolute Gasteiger partial charge is 0.186 e. The molecule has 1 aliphatic rings. The Morgan fingerprint density at radius 3 is 2.22 bits per heavy atom. The standard InChI is InChI=1S/C13H8O.C4H10/c14-12-8-7-10-4-1-3-9-5-2-6-11(12)13(9)10;1-3-4-2/h1-8H;3-4H2,1-2H3. The molecule has 18 heavy (non-hydrogen) atoms. The molecule has 1 nitrogen and oxygen atoms in total. The second-order valence-corrected chi connectivity index (χ2v) is 4.45. The molecule has 1 heteroatoms. The van der Waals surface area contributed by atoms with Gasteiger partial charge in [0.25, 0.3) is 0 Å². The van der Waals surface area contributed by atoms with E-state index in [2.05, 4.69) is 13.8 Å². The Balaban J connectivity index is 0.000000267. The third-order valence-electron chi connectivity index (χ3n) is 3.12. The lowest BCUT2D eigenvalue weighted by atomic mass is 9.92. The van der Waals surface area contributed by atoms with Crippen LogP contribution in [0.2, 0.25) is 0 Å². The SMILES string of the molecule is CCCC.O=C1C=Cc2cccc3cccc1c23. The zero-order chi connectivity index (χ0) is 13.0. The van der Waals surface area contributed by atoms with E-state index in [-0.39, 0.29) is 5.78 Å². The third-order valence-corrected chi connectivity index (χ3v) is 3.12. The average molecular weight is 238 g/mol. The Morgan fingerprint density at radius 2 is 1.56 bits per heavy atom. The maximum Gasteiger partial charge on any atom is 0.186 e. The molecule has 0 aliphatic heterocycles. The first-order valence-electron chi connectivity index (χ1n) is 6.52. The maximum atomic E-state index is 11.6. The van der Waals surface area contributed by atoms with Gasteiger partial charge in [-0.15, -0.1) is 0 Å². The molecule has 2 aromatic rings. The van der Waals surface area contributed by atoms with Crippen molar-refractivity contribution in [3.63, 3.8) is 0 Å². The summed E-state index contributed by atoms with van der Waals surface area (Å²) in [6.45, 7) is 4.36. The Morgan fingerprint density at radius 1 is 0.889 bits per heavy atom. The highest BCUT2D eigenvalue weighted by atomic mass is 16.1. The number of carbonyl (C=O) groups excluding carboxylic acids is 1. The highest BCUT2D eigenvalue weighted by Gasteiger charge is 2.13. The van der Waals surface area contributed by atoms with Crippen molar-refractivity contribution < 1.29 is 4.79 Å². The maximum absolute atomic E-state index is 11.6. The first-order chi connectivity index (χ1) is 8.77. The van der Waals surface area contributed by atoms with Crippen LogP contribution in [-0.2, 0) is 0 Å². The largest absolute Gasteiger partial charge is 0.289 e. The molecule has 0 N–H and O–H groups in total. The van der Waals surface area contributed by atoms with E-state index in [4.69, 9.17) is 0 Å². The van der Waals surface area contributed by atoms with E-state index in [0.717, 1.165) is 21.9 Å². The molecule has 0 spiro atoms. The molecule has 0 saturated heterocycles. The number of benzene rings is 2. The van der Waals surface area contributed by atoms with Gasteiger partial charge in [0.1, 0.15) is 0 Å². The van der Waals surface area contributed by atoms with Crippen LogP contribution in [0, 0.1) is 0 Å². The molecular weight excluding hydrogens is 220 g/mol. The molecule has 92 valence electrons. The normalized spacial score (nSPS) is 12.2. The first kappa shape index (κ1) is 12.6. The van der Waals surface area contributed by atoms with Gasteiger partial charge in [-0.25, -0.2) is 0 Å². The summed E-state index contributed by atoms with van der Waals surface area (Å²) in [6.07, 6.45) is 6.16. The fourth-order valence-corrected chi connectivity index (χ4v) is 1.97. The van der Waals surface area contributed by atoms with Crippen LogP contribution in [0.25, 0.3) is 16.8 Å². The number of hydrogen-bond acceptors (Lipinski definition) is 1. The molecule has 0 heterocycles. The number of rotatable bonds is 1. The highest BCUT2D eigenvalue weighted by molar-refractivity contribution is 6.19. The average Bonchev–Trinajstić information content (AvgIpc) is 2.43. The first-order valence-corrected chi connectivity index (χ1v) is 6.52. The Bertz CT molecular complexity index is 586. The van der Waals surface area contributed by atoms with E-state index < -0.39 is 0 Å². The lowest BCUT2D eigenvalue weighted by molar-refractivity contribution is 0.104. The zero-order valence-corrected chi connectivity index (χ0v) is 10.9. The molecule has 1 aliphatic carbocycles. The van der Waals surface area contributed by atoms with Crippen molar-refractivity contribution in [2.45, 2.75) is 26.7 Å². The zero-order valence-electron chi connectivity index (χ0n) is 10.9. The van der Waals surface area contributed by atoms with Crippen LogP contribution < -0.4 is 0 Å². The number of carbonyl (C=O) groups is 1. The van der Waals surface area contributed by atoms with Gasteiger partial charge in [-0.2, -0.15) is 0 Å². The summed E-state index contributed by atoms with van der Waals surface area (Å²) in [5.41, 5.74) is 1.96. The van der Waals surface area contributed by atoms with Crippen molar-refractivity contribution >= 4 is 22.6 Å². The predicted molar refractivity (Wildman–Crippen MR) is 77.9 cm³/mol. The second kappa shape index (κ2) is 5.63. The molecule has 0 fully saturated rings. The second-order valence-electron chi connectivity index (χ2n) is 4.45. The van der Waals surface area contributed by atoms with E-state index in [0.29, 0.717) is 0 Å².